The van der Waals surface area contributed by atoms with E-state index in [2.05, 4.69) is 10.5 Å². The summed E-state index contributed by atoms with van der Waals surface area (Å²) in [6, 6.07) is 21.6. The zero-order valence-corrected chi connectivity index (χ0v) is 18.0. The average Bonchev–Trinajstić information content (AvgIpc) is 3.12. The van der Waals surface area contributed by atoms with Gasteiger partial charge in [0.15, 0.2) is 0 Å². The van der Waals surface area contributed by atoms with Crippen molar-refractivity contribution in [1.29, 1.82) is 0 Å². The fourth-order valence-electron chi connectivity index (χ4n) is 2.94. The first-order valence-electron chi connectivity index (χ1n) is 9.40. The number of hydrogen-bond donors (Lipinski definition) is 1. The molecular weight excluding hydrogens is 432 g/mol. The highest BCUT2D eigenvalue weighted by Crippen LogP contribution is 2.35. The van der Waals surface area contributed by atoms with Crippen molar-refractivity contribution in [2.75, 3.05) is 0 Å². The van der Waals surface area contributed by atoms with Crippen molar-refractivity contribution in [3.8, 4) is 5.75 Å². The molecule has 7 heteroatoms. The van der Waals surface area contributed by atoms with Crippen LogP contribution in [-0.4, -0.2) is 18.1 Å². The third-order valence-electron chi connectivity index (χ3n) is 4.47. The number of nitrogens with zero attached hydrogens (tertiary/aromatic N) is 1. The molecule has 0 radical (unpaired) electrons. The molecule has 0 aliphatic rings. The number of aryl methyl sites for hydroxylation is 1. The smallest absolute Gasteiger partial charge is 0.355 e. The minimum atomic E-state index is -0.502. The zero-order chi connectivity index (χ0) is 21.8. The molecule has 1 N–H and O–H groups in total. The van der Waals surface area contributed by atoms with Crippen molar-refractivity contribution in [1.82, 2.24) is 5.43 Å². The maximum atomic E-state index is 12.5. The molecular formula is C24H17ClN2O3S. The number of carbonyl (C=O) groups is 2. The van der Waals surface area contributed by atoms with Crippen molar-refractivity contribution in [3.05, 3.63) is 99.4 Å². The summed E-state index contributed by atoms with van der Waals surface area (Å²) in [5.74, 6) is -0.400. The standard InChI is InChI=1S/C24H17ClN2O3S/c1-15-5-4-6-17(13-15)23(28)27-26-14-16-9-11-18(12-10-16)30-24(29)22-21(25)19-7-2-3-8-20(19)31-22/h2-14H,1H3,(H,27,28). The first-order valence-corrected chi connectivity index (χ1v) is 10.6. The normalized spacial score (nSPS) is 11.0. The van der Waals surface area contributed by atoms with Gasteiger partial charge in [-0.2, -0.15) is 5.10 Å². The number of benzene rings is 3. The predicted octanol–water partition coefficient (Wildman–Crippen LogP) is 5.85. The molecule has 0 spiro atoms. The van der Waals surface area contributed by atoms with Crippen molar-refractivity contribution in [2.45, 2.75) is 6.92 Å². The number of fused-ring (bicyclic) bond motifs is 1. The molecule has 1 amide bonds. The van der Waals surface area contributed by atoms with E-state index in [9.17, 15) is 9.59 Å². The Morgan fingerprint density at radius 3 is 2.55 bits per heavy atom. The maximum Gasteiger partial charge on any atom is 0.355 e. The number of halogens is 1. The summed E-state index contributed by atoms with van der Waals surface area (Å²) in [4.78, 5) is 25.0. The SMILES string of the molecule is Cc1cccc(C(=O)NN=Cc2ccc(OC(=O)c3sc4ccccc4c3Cl)cc2)c1. The van der Waals surface area contributed by atoms with E-state index in [1.54, 1.807) is 36.4 Å². The van der Waals surface area contributed by atoms with Gasteiger partial charge in [-0.05, 0) is 55.0 Å². The van der Waals surface area contributed by atoms with E-state index in [-0.39, 0.29) is 5.91 Å². The molecule has 0 bridgehead atoms. The molecule has 0 saturated carbocycles. The highest BCUT2D eigenvalue weighted by Gasteiger charge is 2.18. The molecule has 0 aliphatic carbocycles. The fraction of sp³-hybridized carbons (Fsp3) is 0.0417. The number of amides is 1. The summed E-state index contributed by atoms with van der Waals surface area (Å²) in [7, 11) is 0. The van der Waals surface area contributed by atoms with E-state index in [1.165, 1.54) is 17.6 Å². The molecule has 0 fully saturated rings. The van der Waals surface area contributed by atoms with E-state index < -0.39 is 5.97 Å². The first-order chi connectivity index (χ1) is 15.0. The van der Waals surface area contributed by atoms with Gasteiger partial charge in [0.2, 0.25) is 0 Å². The van der Waals surface area contributed by atoms with Crippen molar-refractivity contribution >= 4 is 51.1 Å². The Balaban J connectivity index is 1.38. The van der Waals surface area contributed by atoms with Gasteiger partial charge < -0.3 is 4.74 Å². The van der Waals surface area contributed by atoms with E-state index in [4.69, 9.17) is 16.3 Å². The molecule has 0 unspecified atom stereocenters. The molecule has 0 aliphatic heterocycles. The van der Waals surface area contributed by atoms with E-state index >= 15 is 0 Å². The number of hydrogen-bond acceptors (Lipinski definition) is 5. The van der Waals surface area contributed by atoms with Crippen LogP contribution in [0.15, 0.2) is 77.9 Å². The average molecular weight is 449 g/mol. The Morgan fingerprint density at radius 2 is 1.81 bits per heavy atom. The van der Waals surface area contributed by atoms with Gasteiger partial charge in [0.25, 0.3) is 5.91 Å². The molecule has 5 nitrogen and oxygen atoms in total. The molecule has 4 aromatic rings. The summed E-state index contributed by atoms with van der Waals surface area (Å²) in [5.41, 5.74) is 4.77. The Kier molecular flexibility index (Phi) is 6.11. The second-order valence-electron chi connectivity index (χ2n) is 6.77. The lowest BCUT2D eigenvalue weighted by Gasteiger charge is -2.04. The van der Waals surface area contributed by atoms with E-state index in [0.29, 0.717) is 21.2 Å². The molecule has 1 aromatic heterocycles. The van der Waals surface area contributed by atoms with Crippen LogP contribution in [0.2, 0.25) is 5.02 Å². The number of thiophene rings is 1. The topological polar surface area (TPSA) is 67.8 Å². The molecule has 31 heavy (non-hydrogen) atoms. The van der Waals surface area contributed by atoms with Gasteiger partial charge >= 0.3 is 5.97 Å². The third-order valence-corrected chi connectivity index (χ3v) is 6.13. The number of esters is 1. The highest BCUT2D eigenvalue weighted by molar-refractivity contribution is 7.21. The van der Waals surface area contributed by atoms with Crippen LogP contribution in [0.3, 0.4) is 0 Å². The zero-order valence-electron chi connectivity index (χ0n) is 16.5. The van der Waals surface area contributed by atoms with Crippen LogP contribution in [0.1, 0.15) is 31.2 Å². The van der Waals surface area contributed by atoms with Gasteiger partial charge in [-0.3, -0.25) is 4.79 Å². The Morgan fingerprint density at radius 1 is 1.03 bits per heavy atom. The molecule has 0 atom stereocenters. The van der Waals surface area contributed by atoms with Crippen LogP contribution in [0.5, 0.6) is 5.75 Å². The number of carbonyl (C=O) groups excluding carboxylic acids is 2. The summed E-state index contributed by atoms with van der Waals surface area (Å²) in [6.07, 6.45) is 1.52. The van der Waals surface area contributed by atoms with Gasteiger partial charge in [-0.25, -0.2) is 10.2 Å². The molecule has 1 heterocycles. The number of rotatable bonds is 5. The van der Waals surface area contributed by atoms with Gasteiger partial charge in [0.1, 0.15) is 10.6 Å². The summed E-state index contributed by atoms with van der Waals surface area (Å²) in [5, 5.41) is 5.21. The summed E-state index contributed by atoms with van der Waals surface area (Å²) in [6.45, 7) is 1.92. The summed E-state index contributed by atoms with van der Waals surface area (Å²) < 4.78 is 6.38. The molecule has 3 aromatic carbocycles. The van der Waals surface area contributed by atoms with Gasteiger partial charge in [0, 0.05) is 15.6 Å². The lowest BCUT2D eigenvalue weighted by molar-refractivity contribution is 0.0739. The highest BCUT2D eigenvalue weighted by atomic mass is 35.5. The van der Waals surface area contributed by atoms with Crippen LogP contribution in [0.25, 0.3) is 10.1 Å². The number of ether oxygens (including phenoxy) is 1. The van der Waals surface area contributed by atoms with Crippen molar-refractivity contribution < 1.29 is 14.3 Å². The molecule has 154 valence electrons. The van der Waals surface area contributed by atoms with Gasteiger partial charge in [0.05, 0.1) is 11.2 Å². The van der Waals surface area contributed by atoms with Crippen LogP contribution in [-0.2, 0) is 0 Å². The van der Waals surface area contributed by atoms with Crippen molar-refractivity contribution in [3.63, 3.8) is 0 Å². The monoisotopic (exact) mass is 448 g/mol. The van der Waals surface area contributed by atoms with Crippen LogP contribution >= 0.6 is 22.9 Å². The fourth-order valence-corrected chi connectivity index (χ4v) is 4.32. The Labute approximate surface area is 187 Å². The third kappa shape index (κ3) is 4.82. The minimum Gasteiger partial charge on any atom is -0.422 e. The van der Waals surface area contributed by atoms with Gasteiger partial charge in [-0.1, -0.05) is 47.5 Å². The Hall–Kier alpha value is -3.48. The second-order valence-corrected chi connectivity index (χ2v) is 8.20. The van der Waals surface area contributed by atoms with Crippen LogP contribution < -0.4 is 10.2 Å². The second kappa shape index (κ2) is 9.12. The lowest BCUT2D eigenvalue weighted by Crippen LogP contribution is -2.17. The van der Waals surface area contributed by atoms with Gasteiger partial charge in [-0.15, -0.1) is 11.3 Å². The van der Waals surface area contributed by atoms with Crippen LogP contribution in [0, 0.1) is 6.92 Å². The summed E-state index contributed by atoms with van der Waals surface area (Å²) >= 11 is 7.64. The lowest BCUT2D eigenvalue weighted by atomic mass is 10.1. The largest absolute Gasteiger partial charge is 0.422 e. The van der Waals surface area contributed by atoms with Crippen LogP contribution in [0.4, 0.5) is 0 Å². The quantitative estimate of drug-likeness (QED) is 0.180. The minimum absolute atomic E-state index is 0.286. The van der Waals surface area contributed by atoms with Crippen molar-refractivity contribution in [2.24, 2.45) is 5.10 Å². The predicted molar refractivity (Wildman–Crippen MR) is 124 cm³/mol. The maximum absolute atomic E-state index is 12.5. The number of nitrogens with one attached hydrogen (secondary N) is 1. The van der Waals surface area contributed by atoms with E-state index in [0.717, 1.165) is 21.2 Å². The molecule has 0 saturated heterocycles. The number of hydrazone groups is 1. The first kappa shape index (κ1) is 20.8. The Bertz CT molecular complexity index is 1300. The van der Waals surface area contributed by atoms with E-state index in [1.807, 2.05) is 43.3 Å². The molecule has 4 rings (SSSR count).